The highest BCUT2D eigenvalue weighted by atomic mass is 35.5. The first-order chi connectivity index (χ1) is 16.0. The van der Waals surface area contributed by atoms with Gasteiger partial charge in [-0.15, -0.1) is 22.9 Å². The Kier molecular flexibility index (Phi) is 6.40. The molecule has 0 radical (unpaired) electrons. The first kappa shape index (κ1) is 22.4. The Morgan fingerprint density at radius 1 is 1.21 bits per heavy atom. The van der Waals surface area contributed by atoms with Gasteiger partial charge in [0, 0.05) is 18.3 Å². The standard InChI is InChI=1S/C22H24ClN5O4S/c23-14-10-28(18-15(29)11-32-19(14)18)22(31)17(12-4-2-1-3-5-12)27-20(30)21-24-9-16(33-21)13-6-7-25-26-8-13/h6-9,12,14,17-19H,1-5,10-11H2,(H,27,30)/t14-,17-,18+,19+/m0/s1. The van der Waals surface area contributed by atoms with Crippen molar-refractivity contribution in [2.24, 2.45) is 5.92 Å². The van der Waals surface area contributed by atoms with Gasteiger partial charge in [0.2, 0.25) is 5.91 Å². The van der Waals surface area contributed by atoms with Gasteiger partial charge in [-0.25, -0.2) is 4.98 Å². The zero-order valence-electron chi connectivity index (χ0n) is 17.9. The highest BCUT2D eigenvalue weighted by Crippen LogP contribution is 2.34. The monoisotopic (exact) mass is 489 g/mol. The van der Waals surface area contributed by atoms with Crippen LogP contribution in [-0.2, 0) is 14.3 Å². The lowest BCUT2D eigenvalue weighted by Crippen LogP contribution is -2.55. The van der Waals surface area contributed by atoms with E-state index in [2.05, 4.69) is 20.5 Å². The second-order valence-electron chi connectivity index (χ2n) is 8.70. The van der Waals surface area contributed by atoms with E-state index in [1.807, 2.05) is 0 Å². The molecule has 9 nitrogen and oxygen atoms in total. The largest absolute Gasteiger partial charge is 0.366 e. The number of carbonyl (C=O) groups is 3. The number of ketones is 1. The van der Waals surface area contributed by atoms with Gasteiger partial charge in [-0.2, -0.15) is 10.2 Å². The summed E-state index contributed by atoms with van der Waals surface area (Å²) in [5.74, 6) is -0.795. The van der Waals surface area contributed by atoms with Crippen molar-refractivity contribution in [3.8, 4) is 10.4 Å². The lowest BCUT2D eigenvalue weighted by Gasteiger charge is -2.34. The number of nitrogens with zero attached hydrogens (tertiary/aromatic N) is 4. The highest BCUT2D eigenvalue weighted by molar-refractivity contribution is 7.16. The highest BCUT2D eigenvalue weighted by Gasteiger charge is 2.53. The van der Waals surface area contributed by atoms with E-state index in [1.54, 1.807) is 24.7 Å². The Morgan fingerprint density at radius 3 is 2.79 bits per heavy atom. The summed E-state index contributed by atoms with van der Waals surface area (Å²) in [5.41, 5.74) is 0.817. The molecule has 4 atom stereocenters. The average molecular weight is 490 g/mol. The molecule has 2 aromatic heterocycles. The summed E-state index contributed by atoms with van der Waals surface area (Å²) in [6, 6.07) is 0.390. The molecule has 174 valence electrons. The normalized spacial score (nSPS) is 26.3. The van der Waals surface area contributed by atoms with Gasteiger partial charge < -0.3 is 15.0 Å². The van der Waals surface area contributed by atoms with Gasteiger partial charge in [0.15, 0.2) is 10.8 Å². The van der Waals surface area contributed by atoms with Crippen LogP contribution in [0.4, 0.5) is 0 Å². The number of halogens is 1. The minimum Gasteiger partial charge on any atom is -0.366 e. The molecule has 2 amide bonds. The molecule has 4 heterocycles. The fraction of sp³-hybridized carbons (Fsp3) is 0.545. The summed E-state index contributed by atoms with van der Waals surface area (Å²) < 4.78 is 5.52. The minimum absolute atomic E-state index is 0.00396. The summed E-state index contributed by atoms with van der Waals surface area (Å²) >= 11 is 7.63. The number of hydrogen-bond acceptors (Lipinski definition) is 8. The molecule has 3 fully saturated rings. The molecule has 3 aliphatic rings. The fourth-order valence-electron chi connectivity index (χ4n) is 5.00. The fourth-order valence-corrected chi connectivity index (χ4v) is 6.17. The quantitative estimate of drug-likeness (QED) is 0.639. The van der Waals surface area contributed by atoms with Crippen LogP contribution in [0.1, 0.15) is 41.9 Å². The first-order valence-corrected chi connectivity index (χ1v) is 12.4. The van der Waals surface area contributed by atoms with E-state index in [0.717, 1.165) is 42.5 Å². The number of hydrogen-bond donors (Lipinski definition) is 1. The molecule has 0 unspecified atom stereocenters. The number of aromatic nitrogens is 3. The van der Waals surface area contributed by atoms with Crippen molar-refractivity contribution in [1.82, 2.24) is 25.4 Å². The summed E-state index contributed by atoms with van der Waals surface area (Å²) in [6.07, 6.45) is 9.14. The van der Waals surface area contributed by atoms with Crippen LogP contribution in [-0.4, -0.2) is 74.4 Å². The van der Waals surface area contributed by atoms with Crippen molar-refractivity contribution < 1.29 is 19.1 Å². The Labute approximate surface area is 199 Å². The topological polar surface area (TPSA) is 114 Å². The zero-order chi connectivity index (χ0) is 22.9. The molecule has 0 aromatic carbocycles. The van der Waals surface area contributed by atoms with Gasteiger partial charge >= 0.3 is 0 Å². The summed E-state index contributed by atoms with van der Waals surface area (Å²) in [4.78, 5) is 45.8. The Morgan fingerprint density at radius 2 is 2.03 bits per heavy atom. The van der Waals surface area contributed by atoms with Gasteiger partial charge in [0.25, 0.3) is 5.91 Å². The van der Waals surface area contributed by atoms with E-state index in [-0.39, 0.29) is 35.8 Å². The molecule has 1 aliphatic carbocycles. The molecule has 0 bridgehead atoms. The van der Waals surface area contributed by atoms with E-state index in [9.17, 15) is 14.4 Å². The van der Waals surface area contributed by atoms with E-state index < -0.39 is 29.5 Å². The molecule has 2 aliphatic heterocycles. The number of amides is 2. The third-order valence-electron chi connectivity index (χ3n) is 6.65. The number of fused-ring (bicyclic) bond motifs is 1. The maximum absolute atomic E-state index is 13.7. The predicted octanol–water partition coefficient (Wildman–Crippen LogP) is 2.06. The van der Waals surface area contributed by atoms with Gasteiger partial charge in [0.05, 0.1) is 22.6 Å². The molecule has 11 heteroatoms. The smallest absolute Gasteiger partial charge is 0.280 e. The van der Waals surface area contributed by atoms with Crippen molar-refractivity contribution in [2.45, 2.75) is 55.7 Å². The Bertz CT molecular complexity index is 1040. The van der Waals surface area contributed by atoms with Crippen LogP contribution in [0.15, 0.2) is 24.7 Å². The van der Waals surface area contributed by atoms with Crippen LogP contribution in [0.2, 0.25) is 0 Å². The molecular formula is C22H24ClN5O4S. The predicted molar refractivity (Wildman–Crippen MR) is 121 cm³/mol. The van der Waals surface area contributed by atoms with Crippen molar-refractivity contribution >= 4 is 40.5 Å². The SMILES string of the molecule is O=C(N[C@H](C(=O)N1C[C@H](Cl)[C@H]2OCC(=O)[C@H]21)C1CCCCC1)c1ncc(-c2ccnnc2)s1. The molecule has 2 aromatic rings. The van der Waals surface area contributed by atoms with Gasteiger partial charge in [-0.3, -0.25) is 14.4 Å². The van der Waals surface area contributed by atoms with Crippen molar-refractivity contribution in [3.63, 3.8) is 0 Å². The maximum atomic E-state index is 13.7. The first-order valence-electron chi connectivity index (χ1n) is 11.2. The summed E-state index contributed by atoms with van der Waals surface area (Å²) in [6.45, 7) is 0.200. The van der Waals surface area contributed by atoms with Crippen LogP contribution in [0.3, 0.4) is 0 Å². The number of Topliss-reactive ketones (excluding diaryl/α,β-unsaturated/α-hetero) is 1. The van der Waals surface area contributed by atoms with Crippen molar-refractivity contribution in [1.29, 1.82) is 0 Å². The minimum atomic E-state index is -0.733. The zero-order valence-corrected chi connectivity index (χ0v) is 19.4. The van der Waals surface area contributed by atoms with E-state index in [0.29, 0.717) is 0 Å². The van der Waals surface area contributed by atoms with Gasteiger partial charge in [-0.1, -0.05) is 19.3 Å². The van der Waals surface area contributed by atoms with Gasteiger partial charge in [0.1, 0.15) is 24.8 Å². The van der Waals surface area contributed by atoms with E-state index >= 15 is 0 Å². The number of nitrogens with one attached hydrogen (secondary N) is 1. The Hall–Kier alpha value is -2.43. The lowest BCUT2D eigenvalue weighted by molar-refractivity contribution is -0.139. The lowest BCUT2D eigenvalue weighted by atomic mass is 9.83. The van der Waals surface area contributed by atoms with Crippen LogP contribution in [0.5, 0.6) is 0 Å². The third-order valence-corrected chi connectivity index (χ3v) is 8.08. The number of likely N-dealkylation sites (tertiary alicyclic amines) is 1. The second-order valence-corrected chi connectivity index (χ2v) is 10.3. The molecule has 0 spiro atoms. The summed E-state index contributed by atoms with van der Waals surface area (Å²) in [5, 5.41) is 10.4. The molecular weight excluding hydrogens is 466 g/mol. The van der Waals surface area contributed by atoms with Crippen LogP contribution in [0.25, 0.3) is 10.4 Å². The van der Waals surface area contributed by atoms with E-state index in [4.69, 9.17) is 16.3 Å². The molecule has 5 rings (SSSR count). The summed E-state index contributed by atoms with van der Waals surface area (Å²) in [7, 11) is 0. The average Bonchev–Trinajstić information content (AvgIpc) is 3.56. The molecule has 2 saturated heterocycles. The number of carbonyl (C=O) groups excluding carboxylic acids is 3. The van der Waals surface area contributed by atoms with Crippen molar-refractivity contribution in [2.75, 3.05) is 13.2 Å². The van der Waals surface area contributed by atoms with Crippen molar-refractivity contribution in [3.05, 3.63) is 29.7 Å². The van der Waals surface area contributed by atoms with Crippen LogP contribution >= 0.6 is 22.9 Å². The molecule has 1 N–H and O–H groups in total. The maximum Gasteiger partial charge on any atom is 0.280 e. The molecule has 1 saturated carbocycles. The van der Waals surface area contributed by atoms with Crippen LogP contribution < -0.4 is 5.32 Å². The number of ether oxygens (including phenoxy) is 1. The Balaban J connectivity index is 1.37. The van der Waals surface area contributed by atoms with E-state index in [1.165, 1.54) is 16.2 Å². The van der Waals surface area contributed by atoms with Crippen LogP contribution in [0, 0.1) is 5.92 Å². The number of thiazole rings is 1. The second kappa shape index (κ2) is 9.44. The number of alkyl halides is 1. The number of rotatable bonds is 5. The molecule has 33 heavy (non-hydrogen) atoms. The van der Waals surface area contributed by atoms with Gasteiger partial charge in [-0.05, 0) is 24.8 Å². The third kappa shape index (κ3) is 4.39.